The predicted molar refractivity (Wildman–Crippen MR) is 71.4 cm³/mol. The fourth-order valence-corrected chi connectivity index (χ4v) is 1.81. The van der Waals surface area contributed by atoms with E-state index in [1.54, 1.807) is 26.2 Å². The highest BCUT2D eigenvalue weighted by Crippen LogP contribution is 2.27. The highest BCUT2D eigenvalue weighted by molar-refractivity contribution is 5.95. The van der Waals surface area contributed by atoms with E-state index in [2.05, 4.69) is 10.6 Å². The van der Waals surface area contributed by atoms with Gasteiger partial charge >= 0.3 is 0 Å². The first-order valence-electron chi connectivity index (χ1n) is 5.96. The number of hydrogen-bond acceptors (Lipinski definition) is 5. The van der Waals surface area contributed by atoms with Crippen LogP contribution in [0.1, 0.15) is 10.4 Å². The van der Waals surface area contributed by atoms with Crippen molar-refractivity contribution in [2.75, 3.05) is 32.5 Å². The fourth-order valence-electron chi connectivity index (χ4n) is 1.81. The van der Waals surface area contributed by atoms with E-state index in [9.17, 15) is 14.9 Å². The van der Waals surface area contributed by atoms with Crippen molar-refractivity contribution in [2.24, 2.45) is 0 Å². The molecule has 0 aliphatic carbocycles. The van der Waals surface area contributed by atoms with E-state index in [4.69, 9.17) is 0 Å². The third-order valence-electron chi connectivity index (χ3n) is 2.99. The molecule has 1 amide bonds. The van der Waals surface area contributed by atoms with Crippen LogP contribution in [-0.4, -0.2) is 49.0 Å². The molecule has 7 heteroatoms. The van der Waals surface area contributed by atoms with E-state index < -0.39 is 4.92 Å². The molecule has 0 bridgehead atoms. The van der Waals surface area contributed by atoms with Crippen molar-refractivity contribution in [2.45, 2.75) is 6.04 Å². The number of nitro benzene ring substituents is 1. The molecule has 1 saturated heterocycles. The monoisotopic (exact) mass is 264 g/mol. The summed E-state index contributed by atoms with van der Waals surface area (Å²) in [6.07, 6.45) is 0. The minimum absolute atomic E-state index is 0.0698. The molecule has 0 radical (unpaired) electrons. The van der Waals surface area contributed by atoms with Gasteiger partial charge in [-0.25, -0.2) is 0 Å². The third kappa shape index (κ3) is 2.82. The number of carbonyl (C=O) groups is 1. The smallest absolute Gasteiger partial charge is 0.293 e. The number of amides is 1. The summed E-state index contributed by atoms with van der Waals surface area (Å²) in [7, 11) is 3.22. The number of carbonyl (C=O) groups excluding carboxylic acids is 1. The van der Waals surface area contributed by atoms with Crippen LogP contribution in [0.5, 0.6) is 0 Å². The molecule has 0 aromatic heterocycles. The Labute approximate surface area is 110 Å². The molecule has 1 aliphatic heterocycles. The quantitative estimate of drug-likeness (QED) is 0.617. The van der Waals surface area contributed by atoms with Crippen LogP contribution in [0.25, 0.3) is 0 Å². The zero-order chi connectivity index (χ0) is 14.0. The number of nitrogens with one attached hydrogen (secondary N) is 2. The first kappa shape index (κ1) is 13.3. The molecule has 102 valence electrons. The molecule has 0 spiro atoms. The van der Waals surface area contributed by atoms with Gasteiger partial charge in [0.25, 0.3) is 11.6 Å². The van der Waals surface area contributed by atoms with Gasteiger partial charge in [0.1, 0.15) is 5.69 Å². The number of nitro groups is 1. The zero-order valence-corrected chi connectivity index (χ0v) is 10.8. The maximum absolute atomic E-state index is 11.8. The third-order valence-corrected chi connectivity index (χ3v) is 2.99. The second kappa shape index (κ2) is 5.23. The van der Waals surface area contributed by atoms with E-state index in [0.717, 1.165) is 13.1 Å². The topological polar surface area (TPSA) is 87.5 Å². The molecule has 1 fully saturated rings. The Bertz CT molecular complexity index is 512. The standard InChI is InChI=1S/C12H16N4O3/c1-15(2)12(17)8-3-4-10(11(5-8)16(18)19)14-9-6-13-7-9/h3-5,9,13-14H,6-7H2,1-2H3. The molecule has 0 unspecified atom stereocenters. The van der Waals surface area contributed by atoms with E-state index in [1.165, 1.54) is 11.0 Å². The van der Waals surface area contributed by atoms with Crippen LogP contribution in [0, 0.1) is 10.1 Å². The van der Waals surface area contributed by atoms with E-state index in [1.807, 2.05) is 0 Å². The Morgan fingerprint density at radius 1 is 1.47 bits per heavy atom. The van der Waals surface area contributed by atoms with Gasteiger partial charge in [0.05, 0.1) is 11.0 Å². The van der Waals surface area contributed by atoms with E-state index >= 15 is 0 Å². The number of nitrogens with zero attached hydrogens (tertiary/aromatic N) is 2. The molecular weight excluding hydrogens is 248 g/mol. The summed E-state index contributed by atoms with van der Waals surface area (Å²) in [6, 6.07) is 4.71. The van der Waals surface area contributed by atoms with Crippen LogP contribution in [0.2, 0.25) is 0 Å². The second-order valence-corrected chi connectivity index (χ2v) is 4.69. The van der Waals surface area contributed by atoms with Gasteiger partial charge in [-0.05, 0) is 12.1 Å². The van der Waals surface area contributed by atoms with Crippen LogP contribution in [-0.2, 0) is 0 Å². The Balaban J connectivity index is 2.29. The van der Waals surface area contributed by atoms with Crippen molar-refractivity contribution in [1.29, 1.82) is 0 Å². The van der Waals surface area contributed by atoms with Gasteiger partial charge in [0, 0.05) is 38.8 Å². The van der Waals surface area contributed by atoms with Gasteiger partial charge in [-0.3, -0.25) is 14.9 Å². The van der Waals surface area contributed by atoms with Crippen LogP contribution < -0.4 is 10.6 Å². The SMILES string of the molecule is CN(C)C(=O)c1ccc(NC2CNC2)c([N+](=O)[O-])c1. The minimum Gasteiger partial charge on any atom is -0.374 e. The van der Waals surface area contributed by atoms with Crippen molar-refractivity contribution in [3.63, 3.8) is 0 Å². The van der Waals surface area contributed by atoms with Gasteiger partial charge in [0.15, 0.2) is 0 Å². The molecule has 0 saturated carbocycles. The largest absolute Gasteiger partial charge is 0.374 e. The minimum atomic E-state index is -0.471. The first-order chi connectivity index (χ1) is 8.99. The van der Waals surface area contributed by atoms with Crippen molar-refractivity contribution >= 4 is 17.3 Å². The lowest BCUT2D eigenvalue weighted by Crippen LogP contribution is -2.51. The molecule has 1 heterocycles. The van der Waals surface area contributed by atoms with Gasteiger partial charge in [-0.2, -0.15) is 0 Å². The predicted octanol–water partition coefficient (Wildman–Crippen LogP) is 0.680. The maximum Gasteiger partial charge on any atom is 0.293 e. The first-order valence-corrected chi connectivity index (χ1v) is 5.96. The lowest BCUT2D eigenvalue weighted by molar-refractivity contribution is -0.384. The van der Waals surface area contributed by atoms with Gasteiger partial charge in [-0.15, -0.1) is 0 Å². The van der Waals surface area contributed by atoms with Gasteiger partial charge in [0.2, 0.25) is 0 Å². The maximum atomic E-state index is 11.8. The van der Waals surface area contributed by atoms with Crippen LogP contribution in [0.15, 0.2) is 18.2 Å². The molecule has 2 rings (SSSR count). The average molecular weight is 264 g/mol. The van der Waals surface area contributed by atoms with E-state index in [-0.39, 0.29) is 17.6 Å². The Morgan fingerprint density at radius 3 is 2.63 bits per heavy atom. The molecule has 0 atom stereocenters. The number of anilines is 1. The van der Waals surface area contributed by atoms with Crippen LogP contribution >= 0.6 is 0 Å². The van der Waals surface area contributed by atoms with Crippen LogP contribution in [0.4, 0.5) is 11.4 Å². The van der Waals surface area contributed by atoms with Gasteiger partial charge in [-0.1, -0.05) is 0 Å². The highest BCUT2D eigenvalue weighted by Gasteiger charge is 2.23. The highest BCUT2D eigenvalue weighted by atomic mass is 16.6. The van der Waals surface area contributed by atoms with Gasteiger partial charge < -0.3 is 15.5 Å². The van der Waals surface area contributed by atoms with Crippen molar-refractivity contribution < 1.29 is 9.72 Å². The summed E-state index contributed by atoms with van der Waals surface area (Å²) in [4.78, 5) is 23.8. The Kier molecular flexibility index (Phi) is 3.66. The summed E-state index contributed by atoms with van der Waals surface area (Å²) in [6.45, 7) is 1.57. The molecule has 2 N–H and O–H groups in total. The molecule has 1 aromatic carbocycles. The Hall–Kier alpha value is -2.15. The molecule has 1 aromatic rings. The lowest BCUT2D eigenvalue weighted by Gasteiger charge is -2.28. The van der Waals surface area contributed by atoms with Crippen molar-refractivity contribution in [3.05, 3.63) is 33.9 Å². The zero-order valence-electron chi connectivity index (χ0n) is 10.8. The summed E-state index contributed by atoms with van der Waals surface area (Å²) in [5, 5.41) is 17.3. The summed E-state index contributed by atoms with van der Waals surface area (Å²) >= 11 is 0. The average Bonchev–Trinajstić information content (AvgIpc) is 2.32. The molecule has 7 nitrogen and oxygen atoms in total. The fraction of sp³-hybridized carbons (Fsp3) is 0.417. The van der Waals surface area contributed by atoms with Crippen LogP contribution in [0.3, 0.4) is 0 Å². The number of rotatable bonds is 4. The van der Waals surface area contributed by atoms with Crippen molar-refractivity contribution in [3.8, 4) is 0 Å². The Morgan fingerprint density at radius 2 is 2.16 bits per heavy atom. The molecular formula is C12H16N4O3. The van der Waals surface area contributed by atoms with Crippen molar-refractivity contribution in [1.82, 2.24) is 10.2 Å². The summed E-state index contributed by atoms with van der Waals surface area (Å²) in [5.41, 5.74) is 0.695. The summed E-state index contributed by atoms with van der Waals surface area (Å²) < 4.78 is 0. The lowest BCUT2D eigenvalue weighted by atomic mass is 10.1. The molecule has 19 heavy (non-hydrogen) atoms. The summed E-state index contributed by atoms with van der Waals surface area (Å²) in [5.74, 6) is -0.250. The number of benzene rings is 1. The number of hydrogen-bond donors (Lipinski definition) is 2. The normalized spacial score (nSPS) is 14.6. The van der Waals surface area contributed by atoms with E-state index in [0.29, 0.717) is 11.3 Å². The molecule has 1 aliphatic rings. The second-order valence-electron chi connectivity index (χ2n) is 4.69.